The van der Waals surface area contributed by atoms with Crippen LogP contribution in [-0.2, 0) is 4.79 Å². The lowest BCUT2D eigenvalue weighted by atomic mass is 10.0. The normalized spacial score (nSPS) is 16.4. The van der Waals surface area contributed by atoms with Crippen LogP contribution in [0, 0.1) is 5.82 Å². The molecule has 2 atom stereocenters. The fraction of sp³-hybridized carbons (Fsp3) is 0.321. The first-order valence-corrected chi connectivity index (χ1v) is 12.9. The van der Waals surface area contributed by atoms with E-state index in [0.717, 1.165) is 6.42 Å². The molecule has 4 aromatic rings. The number of rotatable bonds is 7. The molecule has 0 aliphatic carbocycles. The second-order valence-electron chi connectivity index (χ2n) is 9.72. The monoisotopic (exact) mass is 532 g/mol. The fourth-order valence-electron chi connectivity index (χ4n) is 4.73. The first-order valence-electron chi connectivity index (χ1n) is 12.9. The van der Waals surface area contributed by atoms with Gasteiger partial charge in [0.1, 0.15) is 5.82 Å². The molecule has 2 aromatic heterocycles. The van der Waals surface area contributed by atoms with Crippen molar-refractivity contribution in [2.75, 3.05) is 25.0 Å². The van der Waals surface area contributed by atoms with Crippen molar-refractivity contribution in [1.82, 2.24) is 24.9 Å². The van der Waals surface area contributed by atoms with Gasteiger partial charge in [-0.05, 0) is 44.5 Å². The summed E-state index contributed by atoms with van der Waals surface area (Å²) in [4.78, 5) is 49.8. The molecule has 0 spiro atoms. The highest BCUT2D eigenvalue weighted by molar-refractivity contribution is 6.45. The van der Waals surface area contributed by atoms with E-state index in [9.17, 15) is 14.4 Å². The molecule has 2 unspecified atom stereocenters. The minimum Gasteiger partial charge on any atom is -0.360 e. The van der Waals surface area contributed by atoms with Crippen molar-refractivity contribution in [3.05, 3.63) is 65.6 Å². The van der Waals surface area contributed by atoms with Crippen molar-refractivity contribution >= 4 is 34.5 Å². The number of hydrogen-bond acceptors (Lipinski definition) is 7. The molecule has 2 N–H and O–H groups in total. The Morgan fingerprint density at radius 1 is 1.18 bits per heavy atom. The topological polar surface area (TPSA) is 124 Å². The van der Waals surface area contributed by atoms with Crippen molar-refractivity contribution in [3.8, 4) is 11.4 Å². The van der Waals surface area contributed by atoms with Crippen LogP contribution in [0.2, 0.25) is 0 Å². The summed E-state index contributed by atoms with van der Waals surface area (Å²) >= 11 is 0. The van der Waals surface area contributed by atoms with Gasteiger partial charge in [0.05, 0.1) is 11.1 Å². The highest BCUT2D eigenvalue weighted by Gasteiger charge is 2.35. The molecule has 0 saturated carbocycles. The maximum Gasteiger partial charge on any atom is 0.322 e. The summed E-state index contributed by atoms with van der Waals surface area (Å²) in [5.74, 6) is -2.15. The molecule has 2 amide bonds. The molecular formula is C28H29FN6O4. The number of benzene rings is 2. The van der Waals surface area contributed by atoms with Gasteiger partial charge >= 0.3 is 6.01 Å². The lowest BCUT2D eigenvalue weighted by molar-refractivity contribution is -0.130. The van der Waals surface area contributed by atoms with Crippen molar-refractivity contribution in [1.29, 1.82) is 0 Å². The van der Waals surface area contributed by atoms with Gasteiger partial charge in [0.15, 0.2) is 0 Å². The number of nitrogens with one attached hydrogen (secondary N) is 2. The van der Waals surface area contributed by atoms with Crippen LogP contribution in [0.1, 0.15) is 47.9 Å². The smallest absolute Gasteiger partial charge is 0.322 e. The molecule has 3 heterocycles. The first-order chi connectivity index (χ1) is 18.8. The zero-order valence-electron chi connectivity index (χ0n) is 21.9. The number of Topliss-reactive ketones (excluding diaryl/α,β-unsaturated/α-hetero) is 1. The number of aromatic amines is 1. The first kappa shape index (κ1) is 26.1. The standard InChI is InChI=1S/C28H29FN6O4/c1-4-16(2)31-28-32-25(33-39-28)19-10-11-21(29)22-20(14-30-23(19)22)24(36)27(38)35-13-12-34(15-17(35)3)26(37)18-8-6-5-7-9-18/h5-11,14,16-17,30H,4,12-13,15H2,1-3H3,(H,31,32,33). The summed E-state index contributed by atoms with van der Waals surface area (Å²) < 4.78 is 20.3. The van der Waals surface area contributed by atoms with Gasteiger partial charge in [0, 0.05) is 54.4 Å². The Kier molecular flexibility index (Phi) is 7.14. The van der Waals surface area contributed by atoms with Crippen LogP contribution in [0.4, 0.5) is 10.4 Å². The van der Waals surface area contributed by atoms with Crippen molar-refractivity contribution in [3.63, 3.8) is 0 Å². The van der Waals surface area contributed by atoms with E-state index in [2.05, 4.69) is 20.4 Å². The van der Waals surface area contributed by atoms with E-state index in [1.165, 1.54) is 23.2 Å². The van der Waals surface area contributed by atoms with Gasteiger partial charge in [-0.25, -0.2) is 4.39 Å². The van der Waals surface area contributed by atoms with E-state index in [-0.39, 0.29) is 59.9 Å². The van der Waals surface area contributed by atoms with Crippen LogP contribution in [-0.4, -0.2) is 74.2 Å². The van der Waals surface area contributed by atoms with Gasteiger partial charge < -0.3 is 24.6 Å². The van der Waals surface area contributed by atoms with E-state index >= 15 is 4.39 Å². The number of anilines is 1. The largest absolute Gasteiger partial charge is 0.360 e. The molecule has 2 aromatic carbocycles. The number of carbonyl (C=O) groups is 3. The highest BCUT2D eigenvalue weighted by Crippen LogP contribution is 2.31. The summed E-state index contributed by atoms with van der Waals surface area (Å²) in [5.41, 5.74) is 1.20. The van der Waals surface area contributed by atoms with E-state index in [1.54, 1.807) is 36.1 Å². The predicted octanol–water partition coefficient (Wildman–Crippen LogP) is 4.12. The number of amides is 2. The average molecular weight is 533 g/mol. The Balaban J connectivity index is 1.36. The minimum absolute atomic E-state index is 0.0161. The SMILES string of the molecule is CCC(C)Nc1nc(-c2ccc(F)c3c(C(=O)C(=O)N4CCN(C(=O)c5ccccc5)CC4C)c[nH]c23)no1. The van der Waals surface area contributed by atoms with Gasteiger partial charge in [-0.15, -0.1) is 0 Å². The Labute approximate surface area is 224 Å². The number of nitrogens with zero attached hydrogens (tertiary/aromatic N) is 4. The quantitative estimate of drug-likeness (QED) is 0.271. The number of hydrogen-bond donors (Lipinski definition) is 2. The third-order valence-electron chi connectivity index (χ3n) is 7.07. The second kappa shape index (κ2) is 10.7. The average Bonchev–Trinajstić information content (AvgIpc) is 3.61. The molecule has 5 rings (SSSR count). The van der Waals surface area contributed by atoms with Crippen LogP contribution >= 0.6 is 0 Å². The van der Waals surface area contributed by atoms with E-state index in [1.807, 2.05) is 19.9 Å². The Morgan fingerprint density at radius 3 is 2.67 bits per heavy atom. The second-order valence-corrected chi connectivity index (χ2v) is 9.72. The molecule has 1 fully saturated rings. The van der Waals surface area contributed by atoms with Crippen LogP contribution in [0.3, 0.4) is 0 Å². The maximum atomic E-state index is 15.0. The number of ketones is 1. The molecule has 1 aliphatic rings. The number of piperazine rings is 1. The summed E-state index contributed by atoms with van der Waals surface area (Å²) in [6, 6.07) is 11.6. The summed E-state index contributed by atoms with van der Waals surface area (Å²) in [5, 5.41) is 7.06. The molecule has 1 saturated heterocycles. The fourth-order valence-corrected chi connectivity index (χ4v) is 4.73. The number of fused-ring (bicyclic) bond motifs is 1. The number of aromatic nitrogens is 3. The maximum absolute atomic E-state index is 15.0. The Bertz CT molecular complexity index is 1530. The van der Waals surface area contributed by atoms with Crippen molar-refractivity contribution in [2.24, 2.45) is 0 Å². The molecule has 39 heavy (non-hydrogen) atoms. The lowest BCUT2D eigenvalue weighted by Crippen LogP contribution is -2.56. The number of carbonyl (C=O) groups excluding carboxylic acids is 3. The van der Waals surface area contributed by atoms with Crippen LogP contribution in [0.15, 0.2) is 53.2 Å². The third-order valence-corrected chi connectivity index (χ3v) is 7.07. The van der Waals surface area contributed by atoms with Gasteiger partial charge in [-0.2, -0.15) is 4.98 Å². The van der Waals surface area contributed by atoms with Crippen molar-refractivity contribution < 1.29 is 23.3 Å². The summed E-state index contributed by atoms with van der Waals surface area (Å²) in [7, 11) is 0. The third kappa shape index (κ3) is 4.99. The Morgan fingerprint density at radius 2 is 1.95 bits per heavy atom. The predicted molar refractivity (Wildman–Crippen MR) is 143 cm³/mol. The zero-order chi connectivity index (χ0) is 27.7. The van der Waals surface area contributed by atoms with Crippen LogP contribution < -0.4 is 5.32 Å². The van der Waals surface area contributed by atoms with Crippen LogP contribution in [0.25, 0.3) is 22.3 Å². The molecule has 0 radical (unpaired) electrons. The Hall–Kier alpha value is -4.54. The molecule has 11 heteroatoms. The van der Waals surface area contributed by atoms with Gasteiger partial charge in [0.2, 0.25) is 5.82 Å². The summed E-state index contributed by atoms with van der Waals surface area (Å²) in [6.07, 6.45) is 2.18. The minimum atomic E-state index is -0.834. The molecule has 0 bridgehead atoms. The lowest BCUT2D eigenvalue weighted by Gasteiger charge is -2.39. The molecular weight excluding hydrogens is 503 g/mol. The molecule has 1 aliphatic heterocycles. The highest BCUT2D eigenvalue weighted by atomic mass is 19.1. The zero-order valence-corrected chi connectivity index (χ0v) is 21.9. The van der Waals surface area contributed by atoms with Gasteiger partial charge in [0.25, 0.3) is 17.6 Å². The van der Waals surface area contributed by atoms with E-state index in [0.29, 0.717) is 11.1 Å². The van der Waals surface area contributed by atoms with Gasteiger partial charge in [-0.3, -0.25) is 14.4 Å². The van der Waals surface area contributed by atoms with Gasteiger partial charge in [-0.1, -0.05) is 30.3 Å². The van der Waals surface area contributed by atoms with Crippen molar-refractivity contribution in [2.45, 2.75) is 39.3 Å². The number of H-pyrrole nitrogens is 1. The van der Waals surface area contributed by atoms with E-state index < -0.39 is 23.5 Å². The molecule has 202 valence electrons. The van der Waals surface area contributed by atoms with E-state index in [4.69, 9.17) is 4.52 Å². The summed E-state index contributed by atoms with van der Waals surface area (Å²) in [6.45, 7) is 6.53. The number of halogens is 1. The molecule has 10 nitrogen and oxygen atoms in total. The van der Waals surface area contributed by atoms with Crippen LogP contribution in [0.5, 0.6) is 0 Å².